The first-order valence-corrected chi connectivity index (χ1v) is 6.11. The van der Waals surface area contributed by atoms with Gasteiger partial charge in [0.05, 0.1) is 19.0 Å². The van der Waals surface area contributed by atoms with Gasteiger partial charge in [-0.2, -0.15) is 0 Å². The topological polar surface area (TPSA) is 79.1 Å². The smallest absolute Gasteiger partial charge is 0.219 e. The SMILES string of the molecule is COc1ccc(C(C)(C)C)cc1-c1cn(N)c(N)n1. The molecule has 0 amide bonds. The van der Waals surface area contributed by atoms with E-state index in [1.165, 1.54) is 10.2 Å². The lowest BCUT2D eigenvalue weighted by molar-refractivity contribution is 0.415. The van der Waals surface area contributed by atoms with Crippen molar-refractivity contribution in [1.82, 2.24) is 9.66 Å². The van der Waals surface area contributed by atoms with Crippen LogP contribution in [0.1, 0.15) is 26.3 Å². The number of ether oxygens (including phenoxy) is 1. The summed E-state index contributed by atoms with van der Waals surface area (Å²) in [5.74, 6) is 6.71. The number of nitrogen functional groups attached to an aromatic ring is 2. The molecule has 0 unspecified atom stereocenters. The third-order valence-electron chi connectivity index (χ3n) is 3.10. The molecule has 0 saturated carbocycles. The highest BCUT2D eigenvalue weighted by molar-refractivity contribution is 5.69. The molecule has 0 spiro atoms. The number of nitrogens with two attached hydrogens (primary N) is 2. The number of rotatable bonds is 2. The van der Waals surface area contributed by atoms with Gasteiger partial charge in [-0.1, -0.05) is 26.8 Å². The van der Waals surface area contributed by atoms with E-state index < -0.39 is 0 Å². The summed E-state index contributed by atoms with van der Waals surface area (Å²) in [6.45, 7) is 6.48. The quantitative estimate of drug-likeness (QED) is 0.811. The minimum Gasteiger partial charge on any atom is -0.496 e. The van der Waals surface area contributed by atoms with Crippen LogP contribution >= 0.6 is 0 Å². The zero-order valence-corrected chi connectivity index (χ0v) is 11.8. The van der Waals surface area contributed by atoms with Gasteiger partial charge >= 0.3 is 0 Å². The van der Waals surface area contributed by atoms with Gasteiger partial charge in [0.1, 0.15) is 5.75 Å². The summed E-state index contributed by atoms with van der Waals surface area (Å²) in [4.78, 5) is 4.25. The van der Waals surface area contributed by atoms with Crippen molar-refractivity contribution in [2.24, 2.45) is 0 Å². The zero-order chi connectivity index (χ0) is 14.2. The molecule has 2 rings (SSSR count). The van der Waals surface area contributed by atoms with Crippen LogP contribution in [-0.4, -0.2) is 16.8 Å². The molecule has 0 fully saturated rings. The van der Waals surface area contributed by atoms with Crippen LogP contribution in [0.4, 0.5) is 5.95 Å². The van der Waals surface area contributed by atoms with Crippen LogP contribution < -0.4 is 16.3 Å². The maximum absolute atomic E-state index is 5.68. The number of imidazole rings is 1. The Morgan fingerprint density at radius 2 is 1.95 bits per heavy atom. The Morgan fingerprint density at radius 1 is 1.26 bits per heavy atom. The van der Waals surface area contributed by atoms with E-state index >= 15 is 0 Å². The zero-order valence-electron chi connectivity index (χ0n) is 11.8. The number of nitrogens with zero attached hydrogens (tertiary/aromatic N) is 2. The fourth-order valence-electron chi connectivity index (χ4n) is 1.91. The van der Waals surface area contributed by atoms with E-state index in [9.17, 15) is 0 Å². The highest BCUT2D eigenvalue weighted by Crippen LogP contribution is 2.34. The molecule has 19 heavy (non-hydrogen) atoms. The number of hydrogen-bond acceptors (Lipinski definition) is 4. The molecule has 0 aliphatic carbocycles. The number of benzene rings is 1. The summed E-state index contributed by atoms with van der Waals surface area (Å²) in [7, 11) is 1.64. The van der Waals surface area contributed by atoms with Crippen LogP contribution in [0.15, 0.2) is 24.4 Å². The van der Waals surface area contributed by atoms with E-state index in [1.807, 2.05) is 6.07 Å². The Bertz CT molecular complexity index is 576. The molecule has 5 nitrogen and oxygen atoms in total. The van der Waals surface area contributed by atoms with E-state index in [2.05, 4.69) is 37.9 Å². The number of hydrogen-bond donors (Lipinski definition) is 2. The molecule has 102 valence electrons. The van der Waals surface area contributed by atoms with Crippen LogP contribution in [0.25, 0.3) is 11.3 Å². The van der Waals surface area contributed by atoms with Gasteiger partial charge in [0, 0.05) is 5.56 Å². The Balaban J connectivity index is 2.59. The first-order chi connectivity index (χ1) is 8.82. The van der Waals surface area contributed by atoms with Gasteiger partial charge in [0.25, 0.3) is 0 Å². The molecule has 0 bridgehead atoms. The fourth-order valence-corrected chi connectivity index (χ4v) is 1.91. The van der Waals surface area contributed by atoms with Gasteiger partial charge in [0.15, 0.2) is 0 Å². The predicted octanol–water partition coefficient (Wildman–Crippen LogP) is 2.15. The average Bonchev–Trinajstić information content (AvgIpc) is 2.67. The lowest BCUT2D eigenvalue weighted by Crippen LogP contribution is -2.11. The van der Waals surface area contributed by atoms with Crippen LogP contribution in [0.5, 0.6) is 5.75 Å². The van der Waals surface area contributed by atoms with Gasteiger partial charge in [-0.05, 0) is 23.1 Å². The summed E-state index contributed by atoms with van der Waals surface area (Å²) in [5, 5.41) is 0. The molecule has 1 aromatic carbocycles. The maximum Gasteiger partial charge on any atom is 0.219 e. The van der Waals surface area contributed by atoms with Crippen molar-refractivity contribution < 1.29 is 4.74 Å². The first-order valence-electron chi connectivity index (χ1n) is 6.11. The van der Waals surface area contributed by atoms with E-state index in [4.69, 9.17) is 16.3 Å². The third kappa shape index (κ3) is 2.50. The lowest BCUT2D eigenvalue weighted by atomic mass is 9.86. The van der Waals surface area contributed by atoms with Crippen LogP contribution in [0.3, 0.4) is 0 Å². The van der Waals surface area contributed by atoms with Gasteiger partial charge in [-0.15, -0.1) is 0 Å². The second-order valence-corrected chi connectivity index (χ2v) is 5.56. The maximum atomic E-state index is 5.68. The molecular weight excluding hydrogens is 240 g/mol. The lowest BCUT2D eigenvalue weighted by Gasteiger charge is -2.20. The van der Waals surface area contributed by atoms with Gasteiger partial charge in [-0.25, -0.2) is 9.66 Å². The molecular formula is C14H20N4O. The number of aromatic nitrogens is 2. The summed E-state index contributed by atoms with van der Waals surface area (Å²) in [6, 6.07) is 6.08. The van der Waals surface area contributed by atoms with Crippen LogP contribution in [-0.2, 0) is 5.41 Å². The van der Waals surface area contributed by atoms with Crippen LogP contribution in [0.2, 0.25) is 0 Å². The largest absolute Gasteiger partial charge is 0.496 e. The van der Waals surface area contributed by atoms with E-state index in [0.717, 1.165) is 11.3 Å². The Hall–Kier alpha value is -2.17. The molecule has 1 aromatic heterocycles. The molecule has 0 radical (unpaired) electrons. The predicted molar refractivity (Wildman–Crippen MR) is 77.5 cm³/mol. The molecule has 5 heteroatoms. The van der Waals surface area contributed by atoms with Crippen molar-refractivity contribution in [3.8, 4) is 17.0 Å². The summed E-state index contributed by atoms with van der Waals surface area (Å²) in [6.07, 6.45) is 1.69. The van der Waals surface area contributed by atoms with E-state index in [-0.39, 0.29) is 11.4 Å². The van der Waals surface area contributed by atoms with Crippen molar-refractivity contribution in [3.05, 3.63) is 30.0 Å². The van der Waals surface area contributed by atoms with Crippen LogP contribution in [0, 0.1) is 0 Å². The molecule has 0 aliphatic rings. The van der Waals surface area contributed by atoms with Crippen molar-refractivity contribution >= 4 is 5.95 Å². The standard InChI is InChI=1S/C14H20N4O/c1-14(2,3)9-5-6-12(19-4)10(7-9)11-8-18(16)13(15)17-11/h5-8H,16H2,1-4H3,(H2,15,17). The highest BCUT2D eigenvalue weighted by Gasteiger charge is 2.18. The van der Waals surface area contributed by atoms with Crippen molar-refractivity contribution in [3.63, 3.8) is 0 Å². The van der Waals surface area contributed by atoms with Gasteiger partial charge in [0.2, 0.25) is 5.95 Å². The summed E-state index contributed by atoms with van der Waals surface area (Å²) in [5.41, 5.74) is 8.54. The monoisotopic (exact) mass is 260 g/mol. The van der Waals surface area contributed by atoms with E-state index in [1.54, 1.807) is 13.3 Å². The molecule has 4 N–H and O–H groups in total. The normalized spacial score (nSPS) is 11.6. The van der Waals surface area contributed by atoms with Crippen molar-refractivity contribution in [2.75, 3.05) is 18.7 Å². The Labute approximate surface area is 113 Å². The van der Waals surface area contributed by atoms with Crippen molar-refractivity contribution in [1.29, 1.82) is 0 Å². The molecule has 2 aromatic rings. The second-order valence-electron chi connectivity index (χ2n) is 5.56. The Kier molecular flexibility index (Phi) is 3.14. The van der Waals surface area contributed by atoms with Gasteiger partial charge < -0.3 is 16.3 Å². The second kappa shape index (κ2) is 4.50. The minimum absolute atomic E-state index is 0.0534. The molecule has 0 atom stereocenters. The molecule has 0 saturated heterocycles. The van der Waals surface area contributed by atoms with Gasteiger partial charge in [-0.3, -0.25) is 0 Å². The van der Waals surface area contributed by atoms with E-state index in [0.29, 0.717) is 5.69 Å². The first kappa shape index (κ1) is 13.3. The highest BCUT2D eigenvalue weighted by atomic mass is 16.5. The van der Waals surface area contributed by atoms with Crippen molar-refractivity contribution in [2.45, 2.75) is 26.2 Å². The minimum atomic E-state index is 0.0534. The Morgan fingerprint density at radius 3 is 2.42 bits per heavy atom. The average molecular weight is 260 g/mol. The third-order valence-corrected chi connectivity index (χ3v) is 3.10. The summed E-state index contributed by atoms with van der Waals surface area (Å²) >= 11 is 0. The number of anilines is 1. The fraction of sp³-hybridized carbons (Fsp3) is 0.357. The molecule has 0 aliphatic heterocycles. The number of methoxy groups -OCH3 is 1. The summed E-state index contributed by atoms with van der Waals surface area (Å²) < 4.78 is 6.69. The molecule has 1 heterocycles.